The van der Waals surface area contributed by atoms with Gasteiger partial charge in [-0.3, -0.25) is 0 Å². The molecule has 3 heteroatoms. The molecule has 1 fully saturated rings. The van der Waals surface area contributed by atoms with Crippen molar-refractivity contribution in [2.75, 3.05) is 0 Å². The first kappa shape index (κ1) is 16.0. The lowest BCUT2D eigenvalue weighted by molar-refractivity contribution is 0.483. The molecule has 22 heavy (non-hydrogen) atoms. The Kier molecular flexibility index (Phi) is 5.48. The van der Waals surface area contributed by atoms with Crippen molar-refractivity contribution in [1.29, 1.82) is 0 Å². The first-order chi connectivity index (χ1) is 10.3. The van der Waals surface area contributed by atoms with Crippen LogP contribution in [0.2, 0.25) is 0 Å². The van der Waals surface area contributed by atoms with E-state index in [1.54, 1.807) is 0 Å². The molecule has 3 nitrogen and oxygen atoms in total. The zero-order valence-electron chi connectivity index (χ0n) is 11.9. The Balaban J connectivity index is 0.00000176. The van der Waals surface area contributed by atoms with Gasteiger partial charge in [0, 0.05) is 0 Å². The number of rotatable bonds is 6. The van der Waals surface area contributed by atoms with Crippen LogP contribution in [0.15, 0.2) is 71.6 Å². The highest BCUT2D eigenvalue weighted by atomic mass is 16.5. The Hall–Kier alpha value is -2.42. The summed E-state index contributed by atoms with van der Waals surface area (Å²) in [5.74, 6) is 1.65. The predicted octanol–water partition coefficient (Wildman–Crippen LogP) is 6.21. The van der Waals surface area contributed by atoms with E-state index in [1.165, 1.54) is 31.1 Å². The second kappa shape index (κ2) is 7.55. The third kappa shape index (κ3) is 4.55. The van der Waals surface area contributed by atoms with Crippen molar-refractivity contribution in [2.45, 2.75) is 26.7 Å². The normalized spacial score (nSPS) is 13.6. The molecule has 0 unspecified atom stereocenters. The fourth-order valence-electron chi connectivity index (χ4n) is 2.16. The van der Waals surface area contributed by atoms with E-state index in [4.69, 9.17) is 4.74 Å². The highest BCUT2D eigenvalue weighted by molar-refractivity contribution is 5.43. The molecule has 114 valence electrons. The van der Waals surface area contributed by atoms with Crippen LogP contribution in [0, 0.1) is 5.92 Å². The van der Waals surface area contributed by atoms with Crippen LogP contribution in [0.4, 0.5) is 11.4 Å². The third-order valence-electron chi connectivity index (χ3n) is 3.49. The Morgan fingerprint density at radius 3 is 2.00 bits per heavy atom. The molecule has 0 heterocycles. The van der Waals surface area contributed by atoms with Crippen molar-refractivity contribution in [1.82, 2.24) is 0 Å². The van der Waals surface area contributed by atoms with Gasteiger partial charge < -0.3 is 4.74 Å². The largest absolute Gasteiger partial charge is 0.466 e. The minimum atomic E-state index is 0. The van der Waals surface area contributed by atoms with Crippen LogP contribution in [-0.2, 0) is 6.42 Å². The van der Waals surface area contributed by atoms with Crippen LogP contribution in [0.5, 0.6) is 5.75 Å². The number of nitrogens with zero attached hydrogens (tertiary/aromatic N) is 2. The van der Waals surface area contributed by atoms with E-state index >= 15 is 0 Å². The van der Waals surface area contributed by atoms with Crippen LogP contribution < -0.4 is 4.74 Å². The minimum Gasteiger partial charge on any atom is -0.466 e. The van der Waals surface area contributed by atoms with E-state index in [2.05, 4.69) is 28.9 Å². The number of ether oxygens (including phenoxy) is 1. The summed E-state index contributed by atoms with van der Waals surface area (Å²) in [5.41, 5.74) is 3.07. The molecule has 0 atom stereocenters. The van der Waals surface area contributed by atoms with Crippen molar-refractivity contribution in [2.24, 2.45) is 16.1 Å². The van der Waals surface area contributed by atoms with E-state index in [0.29, 0.717) is 0 Å². The van der Waals surface area contributed by atoms with Gasteiger partial charge in [-0.1, -0.05) is 26.1 Å². The molecule has 2 aromatic carbocycles. The van der Waals surface area contributed by atoms with Gasteiger partial charge in [-0.15, -0.1) is 0 Å². The average Bonchev–Trinajstić information content (AvgIpc) is 3.32. The van der Waals surface area contributed by atoms with E-state index in [0.717, 1.165) is 23.0 Å². The quantitative estimate of drug-likeness (QED) is 0.460. The second-order valence-corrected chi connectivity index (χ2v) is 5.29. The third-order valence-corrected chi connectivity index (χ3v) is 3.49. The molecule has 0 bridgehead atoms. The highest BCUT2D eigenvalue weighted by Gasteiger charge is 2.21. The maximum atomic E-state index is 5.17. The van der Waals surface area contributed by atoms with Gasteiger partial charge >= 0.3 is 0 Å². The summed E-state index contributed by atoms with van der Waals surface area (Å²) in [7, 11) is 0. The van der Waals surface area contributed by atoms with Gasteiger partial charge in [0.15, 0.2) is 0 Å². The van der Waals surface area contributed by atoms with E-state index in [1.807, 2.05) is 36.4 Å². The van der Waals surface area contributed by atoms with E-state index < -0.39 is 0 Å². The molecule has 0 spiro atoms. The Labute approximate surface area is 132 Å². The molecule has 3 rings (SSSR count). The predicted molar refractivity (Wildman–Crippen MR) is 91.0 cm³/mol. The number of hydrogen-bond donors (Lipinski definition) is 0. The van der Waals surface area contributed by atoms with Gasteiger partial charge in [-0.25, -0.2) is 0 Å². The van der Waals surface area contributed by atoms with Gasteiger partial charge in [0.1, 0.15) is 5.75 Å². The van der Waals surface area contributed by atoms with Gasteiger partial charge in [0.25, 0.3) is 0 Å². The summed E-state index contributed by atoms with van der Waals surface area (Å²) >= 11 is 0. The van der Waals surface area contributed by atoms with Gasteiger partial charge in [-0.2, -0.15) is 10.2 Å². The van der Waals surface area contributed by atoms with Gasteiger partial charge in [0.05, 0.1) is 17.6 Å². The molecular formula is C19H22N2O. The molecule has 2 aromatic rings. The lowest BCUT2D eigenvalue weighted by atomic mass is 10.1. The topological polar surface area (TPSA) is 34.0 Å². The van der Waals surface area contributed by atoms with Crippen LogP contribution >= 0.6 is 0 Å². The SMILES string of the molecule is C.C=COc1ccc(/N=N/c2ccc(CC3CC3)cc2)cc1. The van der Waals surface area contributed by atoms with Crippen molar-refractivity contribution >= 4 is 11.4 Å². The van der Waals surface area contributed by atoms with Crippen molar-refractivity contribution < 1.29 is 4.74 Å². The zero-order valence-corrected chi connectivity index (χ0v) is 11.9. The summed E-state index contributed by atoms with van der Waals surface area (Å²) in [4.78, 5) is 0. The maximum absolute atomic E-state index is 5.17. The second-order valence-electron chi connectivity index (χ2n) is 5.29. The van der Waals surface area contributed by atoms with Crippen molar-refractivity contribution in [3.05, 3.63) is 66.9 Å². The van der Waals surface area contributed by atoms with Crippen molar-refractivity contribution in [3.8, 4) is 5.75 Å². The Bertz CT molecular complexity index is 625. The first-order valence-electron chi connectivity index (χ1n) is 7.22. The van der Waals surface area contributed by atoms with E-state index in [9.17, 15) is 0 Å². The minimum absolute atomic E-state index is 0. The Morgan fingerprint density at radius 2 is 1.50 bits per heavy atom. The molecule has 0 aromatic heterocycles. The van der Waals surface area contributed by atoms with Gasteiger partial charge in [-0.05, 0) is 67.1 Å². The number of hydrogen-bond acceptors (Lipinski definition) is 3. The highest BCUT2D eigenvalue weighted by Crippen LogP contribution is 2.33. The smallest absolute Gasteiger partial charge is 0.126 e. The van der Waals surface area contributed by atoms with Crippen LogP contribution in [-0.4, -0.2) is 0 Å². The molecule has 0 amide bonds. The summed E-state index contributed by atoms with van der Waals surface area (Å²) < 4.78 is 5.17. The zero-order chi connectivity index (χ0) is 14.5. The van der Waals surface area contributed by atoms with E-state index in [-0.39, 0.29) is 7.43 Å². The van der Waals surface area contributed by atoms with Crippen LogP contribution in [0.1, 0.15) is 25.8 Å². The summed E-state index contributed by atoms with van der Waals surface area (Å²) in [6.45, 7) is 3.52. The first-order valence-corrected chi connectivity index (χ1v) is 7.22. The molecular weight excluding hydrogens is 272 g/mol. The summed E-state index contributed by atoms with van der Waals surface area (Å²) in [5, 5.41) is 8.48. The fourth-order valence-corrected chi connectivity index (χ4v) is 2.16. The molecule has 1 saturated carbocycles. The Morgan fingerprint density at radius 1 is 0.955 bits per heavy atom. The van der Waals surface area contributed by atoms with Crippen molar-refractivity contribution in [3.63, 3.8) is 0 Å². The lowest BCUT2D eigenvalue weighted by Crippen LogP contribution is -1.84. The van der Waals surface area contributed by atoms with Crippen LogP contribution in [0.3, 0.4) is 0 Å². The number of azo groups is 1. The van der Waals surface area contributed by atoms with Crippen LogP contribution in [0.25, 0.3) is 0 Å². The fraction of sp³-hybridized carbons (Fsp3) is 0.263. The molecule has 1 aliphatic carbocycles. The summed E-state index contributed by atoms with van der Waals surface area (Å²) in [6.07, 6.45) is 5.36. The van der Waals surface area contributed by atoms with Gasteiger partial charge in [0.2, 0.25) is 0 Å². The molecule has 0 aliphatic heterocycles. The molecule has 0 N–H and O–H groups in total. The maximum Gasteiger partial charge on any atom is 0.126 e. The molecule has 0 saturated heterocycles. The molecule has 0 radical (unpaired) electrons. The lowest BCUT2D eigenvalue weighted by Gasteiger charge is -2.00. The monoisotopic (exact) mass is 294 g/mol. The summed E-state index contributed by atoms with van der Waals surface area (Å²) in [6, 6.07) is 15.8. The molecule has 1 aliphatic rings. The average molecular weight is 294 g/mol. The number of benzene rings is 2. The standard InChI is InChI=1S/C18H18N2O.CH4/c1-2-21-18-11-9-17(10-12-18)20-19-16-7-5-15(6-8-16)13-14-3-4-14;/h2,5-12,14H,1,3-4,13H2;1H4/b20-19+;.